The van der Waals surface area contributed by atoms with Gasteiger partial charge in [0.2, 0.25) is 0 Å². The highest BCUT2D eigenvalue weighted by Gasteiger charge is 2.27. The Hall–Kier alpha value is -0.730. The van der Waals surface area contributed by atoms with E-state index in [0.29, 0.717) is 19.3 Å². The number of hydrazine groups is 1. The van der Waals surface area contributed by atoms with Gasteiger partial charge in [-0.05, 0) is 19.3 Å². The first-order chi connectivity index (χ1) is 6.49. The first-order valence-corrected chi connectivity index (χ1v) is 4.46. The maximum absolute atomic E-state index is 11.8. The number of hydrogen-bond donors (Lipinski definition) is 2. The van der Waals surface area contributed by atoms with E-state index < -0.39 is 12.6 Å². The third kappa shape index (κ3) is 7.90. The van der Waals surface area contributed by atoms with Crippen LogP contribution in [0.25, 0.3) is 0 Å². The van der Waals surface area contributed by atoms with Crippen LogP contribution in [-0.2, 0) is 0 Å². The number of unbranched alkanes of at least 4 members (excludes halogenated alkanes) is 1. The number of hydrogen-bond acceptors (Lipinski definition) is 2. The van der Waals surface area contributed by atoms with Crippen LogP contribution in [0.1, 0.15) is 32.1 Å². The quantitative estimate of drug-likeness (QED) is 0.303. The van der Waals surface area contributed by atoms with Gasteiger partial charge >= 0.3 is 6.18 Å². The molecule has 0 radical (unpaired) electrons. The highest BCUT2D eigenvalue weighted by molar-refractivity contribution is 4.83. The van der Waals surface area contributed by atoms with E-state index in [1.165, 1.54) is 0 Å². The van der Waals surface area contributed by atoms with Crippen LogP contribution < -0.4 is 11.3 Å². The molecule has 0 amide bonds. The molecule has 0 fully saturated rings. The molecule has 0 bridgehead atoms. The van der Waals surface area contributed by atoms with Crippen LogP contribution in [-0.4, -0.2) is 12.2 Å². The fourth-order valence-corrected chi connectivity index (χ4v) is 1.10. The summed E-state index contributed by atoms with van der Waals surface area (Å²) in [6.07, 6.45) is 1.96. The van der Waals surface area contributed by atoms with Crippen molar-refractivity contribution >= 4 is 0 Å². The van der Waals surface area contributed by atoms with Crippen LogP contribution in [0.4, 0.5) is 13.2 Å². The standard InChI is InChI=1S/C9H15F3N2/c1-2-3-4-5-8(14-13)6-7-9(10,11)12/h1,8,14H,3-7,13H2. The predicted molar refractivity (Wildman–Crippen MR) is 49.1 cm³/mol. The number of terminal acetylenes is 1. The Labute approximate surface area is 82.0 Å². The van der Waals surface area contributed by atoms with Crippen molar-refractivity contribution in [2.75, 3.05) is 0 Å². The summed E-state index contributed by atoms with van der Waals surface area (Å²) in [4.78, 5) is 0. The van der Waals surface area contributed by atoms with Gasteiger partial charge in [0, 0.05) is 18.9 Å². The van der Waals surface area contributed by atoms with Crippen molar-refractivity contribution in [2.24, 2.45) is 5.84 Å². The van der Waals surface area contributed by atoms with Gasteiger partial charge in [-0.2, -0.15) is 13.2 Å². The third-order valence-electron chi connectivity index (χ3n) is 1.89. The summed E-state index contributed by atoms with van der Waals surface area (Å²) in [6, 6.07) is -0.301. The first kappa shape index (κ1) is 13.3. The molecule has 0 aliphatic carbocycles. The molecule has 3 N–H and O–H groups in total. The van der Waals surface area contributed by atoms with Crippen molar-refractivity contribution < 1.29 is 13.2 Å². The summed E-state index contributed by atoms with van der Waals surface area (Å²) >= 11 is 0. The summed E-state index contributed by atoms with van der Waals surface area (Å²) in [6.45, 7) is 0. The van der Waals surface area contributed by atoms with Crippen LogP contribution in [0.2, 0.25) is 0 Å². The van der Waals surface area contributed by atoms with E-state index in [1.807, 2.05) is 0 Å². The van der Waals surface area contributed by atoms with Gasteiger partial charge in [-0.1, -0.05) is 0 Å². The van der Waals surface area contributed by atoms with Gasteiger partial charge in [-0.25, -0.2) is 0 Å². The molecule has 0 aromatic carbocycles. The maximum atomic E-state index is 11.8. The van der Waals surface area contributed by atoms with Crippen molar-refractivity contribution in [1.29, 1.82) is 0 Å². The van der Waals surface area contributed by atoms with Crippen LogP contribution in [0.3, 0.4) is 0 Å². The maximum Gasteiger partial charge on any atom is 0.389 e. The Morgan fingerprint density at radius 1 is 1.36 bits per heavy atom. The Bertz CT molecular complexity index is 183. The highest BCUT2D eigenvalue weighted by Crippen LogP contribution is 2.23. The topological polar surface area (TPSA) is 38.0 Å². The van der Waals surface area contributed by atoms with E-state index in [0.717, 1.165) is 0 Å². The predicted octanol–water partition coefficient (Wildman–Crippen LogP) is 1.96. The monoisotopic (exact) mass is 208 g/mol. The lowest BCUT2D eigenvalue weighted by molar-refractivity contribution is -0.136. The normalized spacial score (nSPS) is 13.6. The molecule has 82 valence electrons. The Balaban J connectivity index is 3.64. The molecule has 0 saturated carbocycles. The minimum Gasteiger partial charge on any atom is -0.271 e. The summed E-state index contributed by atoms with van der Waals surface area (Å²) in [5.74, 6) is 7.54. The fourth-order valence-electron chi connectivity index (χ4n) is 1.10. The number of rotatable bonds is 6. The van der Waals surface area contributed by atoms with Gasteiger partial charge in [0.25, 0.3) is 0 Å². The largest absolute Gasteiger partial charge is 0.389 e. The molecule has 0 saturated heterocycles. The van der Waals surface area contributed by atoms with Gasteiger partial charge in [-0.15, -0.1) is 12.3 Å². The molecule has 0 aromatic heterocycles. The van der Waals surface area contributed by atoms with E-state index in [1.54, 1.807) is 0 Å². The van der Waals surface area contributed by atoms with Crippen molar-refractivity contribution in [3.8, 4) is 12.3 Å². The minimum atomic E-state index is -4.11. The van der Waals surface area contributed by atoms with Crippen molar-refractivity contribution in [3.63, 3.8) is 0 Å². The van der Waals surface area contributed by atoms with Crippen molar-refractivity contribution in [2.45, 2.75) is 44.3 Å². The molecular weight excluding hydrogens is 193 g/mol. The first-order valence-electron chi connectivity index (χ1n) is 4.46. The molecule has 0 aromatic rings. The molecule has 1 atom stereocenters. The van der Waals surface area contributed by atoms with Crippen LogP contribution in [0.5, 0.6) is 0 Å². The number of alkyl halides is 3. The summed E-state index contributed by atoms with van der Waals surface area (Å²) in [5, 5.41) is 0. The van der Waals surface area contributed by atoms with E-state index >= 15 is 0 Å². The van der Waals surface area contributed by atoms with E-state index in [-0.39, 0.29) is 12.5 Å². The van der Waals surface area contributed by atoms with E-state index in [9.17, 15) is 13.2 Å². The van der Waals surface area contributed by atoms with Gasteiger partial charge < -0.3 is 0 Å². The summed E-state index contributed by atoms with van der Waals surface area (Å²) in [7, 11) is 0. The Kier molecular flexibility index (Phi) is 6.34. The molecule has 0 aliphatic rings. The zero-order valence-corrected chi connectivity index (χ0v) is 7.90. The van der Waals surface area contributed by atoms with Gasteiger partial charge in [0.15, 0.2) is 0 Å². The van der Waals surface area contributed by atoms with E-state index in [2.05, 4.69) is 11.3 Å². The number of nitrogens with one attached hydrogen (secondary N) is 1. The lowest BCUT2D eigenvalue weighted by Gasteiger charge is -2.15. The summed E-state index contributed by atoms with van der Waals surface area (Å²) in [5.41, 5.74) is 2.36. The fraction of sp³-hybridized carbons (Fsp3) is 0.778. The van der Waals surface area contributed by atoms with Crippen molar-refractivity contribution in [3.05, 3.63) is 0 Å². The Morgan fingerprint density at radius 3 is 2.43 bits per heavy atom. The molecule has 1 unspecified atom stereocenters. The average Bonchev–Trinajstić information content (AvgIpc) is 2.09. The summed E-state index contributed by atoms with van der Waals surface area (Å²) < 4.78 is 35.5. The molecule has 0 rings (SSSR count). The number of halogens is 3. The number of nitrogens with two attached hydrogens (primary N) is 1. The molecule has 0 aliphatic heterocycles. The van der Waals surface area contributed by atoms with Gasteiger partial charge in [-0.3, -0.25) is 11.3 Å². The minimum absolute atomic E-state index is 0.00454. The van der Waals surface area contributed by atoms with Gasteiger partial charge in [0.1, 0.15) is 0 Å². The second-order valence-corrected chi connectivity index (χ2v) is 3.11. The zero-order chi connectivity index (χ0) is 11.0. The van der Waals surface area contributed by atoms with Gasteiger partial charge in [0.05, 0.1) is 0 Å². The van der Waals surface area contributed by atoms with Crippen LogP contribution in [0, 0.1) is 12.3 Å². The zero-order valence-electron chi connectivity index (χ0n) is 7.90. The highest BCUT2D eigenvalue weighted by atomic mass is 19.4. The third-order valence-corrected chi connectivity index (χ3v) is 1.89. The lowest BCUT2D eigenvalue weighted by atomic mass is 10.1. The van der Waals surface area contributed by atoms with E-state index in [4.69, 9.17) is 12.3 Å². The van der Waals surface area contributed by atoms with Crippen LogP contribution in [0.15, 0.2) is 0 Å². The van der Waals surface area contributed by atoms with Crippen molar-refractivity contribution in [1.82, 2.24) is 5.43 Å². The molecule has 14 heavy (non-hydrogen) atoms. The second kappa shape index (κ2) is 6.68. The second-order valence-electron chi connectivity index (χ2n) is 3.11. The molecule has 0 spiro atoms. The van der Waals surface area contributed by atoms with Crippen LogP contribution >= 0.6 is 0 Å². The molecular formula is C9H15F3N2. The SMILES string of the molecule is C#CCCCC(CCC(F)(F)F)NN. The Morgan fingerprint density at radius 2 is 2.00 bits per heavy atom. The average molecular weight is 208 g/mol. The molecule has 2 nitrogen and oxygen atoms in total. The smallest absolute Gasteiger partial charge is 0.271 e. The molecule has 0 heterocycles. The lowest BCUT2D eigenvalue weighted by Crippen LogP contribution is -2.35. The molecule has 5 heteroatoms.